The van der Waals surface area contributed by atoms with Crippen LogP contribution in [0.3, 0.4) is 0 Å². The maximum absolute atomic E-state index is 2.35. The highest BCUT2D eigenvalue weighted by molar-refractivity contribution is 6.39. The molecule has 2 aromatic rings. The highest BCUT2D eigenvalue weighted by atomic mass is 28.2. The minimum atomic E-state index is -0.124. The van der Waals surface area contributed by atoms with Crippen molar-refractivity contribution in [2.24, 2.45) is 0 Å². The molecule has 1 heteroatoms. The van der Waals surface area contributed by atoms with Gasteiger partial charge in [0.2, 0.25) is 0 Å². The number of unbranched alkanes of at least 4 members (excludes halogenated alkanes) is 3. The zero-order chi connectivity index (χ0) is 15.8. The second kappa shape index (κ2) is 8.95. The third kappa shape index (κ3) is 5.13. The summed E-state index contributed by atoms with van der Waals surface area (Å²) in [6.45, 7) is 6.64. The average molecular weight is 311 g/mol. The molecule has 0 radical (unpaired) electrons. The molecule has 0 aliphatic heterocycles. The Balaban J connectivity index is 2.10. The Morgan fingerprint density at radius 2 is 1.23 bits per heavy atom. The molecule has 0 heterocycles. The summed E-state index contributed by atoms with van der Waals surface area (Å²) in [6.07, 6.45) is 5.57. The van der Waals surface area contributed by atoms with Crippen molar-refractivity contribution in [1.82, 2.24) is 0 Å². The molecular formula is C21H30Si. The van der Waals surface area contributed by atoms with E-state index in [0.717, 1.165) is 0 Å². The van der Waals surface area contributed by atoms with Crippen molar-refractivity contribution in [3.63, 3.8) is 0 Å². The van der Waals surface area contributed by atoms with Crippen LogP contribution in [0.15, 0.2) is 48.5 Å². The summed E-state index contributed by atoms with van der Waals surface area (Å²) in [6, 6.07) is 19.9. The molecule has 22 heavy (non-hydrogen) atoms. The topological polar surface area (TPSA) is 0 Å². The van der Waals surface area contributed by atoms with E-state index in [4.69, 9.17) is 0 Å². The van der Waals surface area contributed by atoms with Crippen molar-refractivity contribution in [3.05, 3.63) is 70.8 Å². The van der Waals surface area contributed by atoms with Crippen LogP contribution in [0.5, 0.6) is 0 Å². The van der Waals surface area contributed by atoms with E-state index in [1.807, 2.05) is 0 Å². The quantitative estimate of drug-likeness (QED) is 0.442. The molecule has 0 fully saturated rings. The smallest absolute Gasteiger partial charge is 0.0342 e. The van der Waals surface area contributed by atoms with Crippen LogP contribution in [0, 0.1) is 13.8 Å². The monoisotopic (exact) mass is 310 g/mol. The Morgan fingerprint density at radius 1 is 0.727 bits per heavy atom. The number of rotatable bonds is 8. The van der Waals surface area contributed by atoms with Crippen molar-refractivity contribution in [3.8, 4) is 0 Å². The van der Waals surface area contributed by atoms with Crippen LogP contribution in [0.1, 0.15) is 60.4 Å². The average Bonchev–Trinajstić information content (AvgIpc) is 2.53. The molecule has 0 bridgehead atoms. The molecule has 0 aromatic heterocycles. The van der Waals surface area contributed by atoms with E-state index >= 15 is 0 Å². The van der Waals surface area contributed by atoms with Gasteiger partial charge < -0.3 is 0 Å². The minimum absolute atomic E-state index is 0.124. The summed E-state index contributed by atoms with van der Waals surface area (Å²) < 4.78 is 0. The first kappa shape index (κ1) is 17.0. The van der Waals surface area contributed by atoms with Crippen molar-refractivity contribution in [1.29, 1.82) is 0 Å². The van der Waals surface area contributed by atoms with Crippen LogP contribution in [-0.2, 0) is 0 Å². The predicted octanol–water partition coefficient (Wildman–Crippen LogP) is 5.56. The number of hydrogen-bond donors (Lipinski definition) is 0. The van der Waals surface area contributed by atoms with E-state index in [1.165, 1.54) is 54.0 Å². The third-order valence-corrected chi connectivity index (χ3v) is 6.98. The first-order valence-electron chi connectivity index (χ1n) is 8.84. The lowest BCUT2D eigenvalue weighted by molar-refractivity contribution is 0.699. The van der Waals surface area contributed by atoms with E-state index in [1.54, 1.807) is 0 Å². The molecule has 0 nitrogen and oxygen atoms in total. The van der Waals surface area contributed by atoms with E-state index in [9.17, 15) is 0 Å². The first-order valence-corrected chi connectivity index (χ1v) is 10.7. The van der Waals surface area contributed by atoms with E-state index < -0.39 is 0 Å². The maximum Gasteiger partial charge on any atom is 0.0342 e. The molecule has 0 unspecified atom stereocenters. The van der Waals surface area contributed by atoms with Gasteiger partial charge in [0.25, 0.3) is 0 Å². The lowest BCUT2D eigenvalue weighted by Crippen LogP contribution is -2.10. The summed E-state index contributed by atoms with van der Waals surface area (Å²) in [4.78, 5) is 0. The van der Waals surface area contributed by atoms with Crippen LogP contribution >= 0.6 is 0 Å². The fourth-order valence-electron chi connectivity index (χ4n) is 3.08. The van der Waals surface area contributed by atoms with Gasteiger partial charge in [0.05, 0.1) is 0 Å². The fourth-order valence-corrected chi connectivity index (χ4v) is 5.34. The van der Waals surface area contributed by atoms with Crippen LogP contribution in [0.2, 0.25) is 6.04 Å². The molecule has 2 aromatic carbocycles. The summed E-state index contributed by atoms with van der Waals surface area (Å²) in [5, 5.41) is 0. The second-order valence-corrected chi connectivity index (χ2v) is 8.68. The molecule has 0 N–H and O–H groups in total. The van der Waals surface area contributed by atoms with Gasteiger partial charge in [-0.25, -0.2) is 0 Å². The number of hydrogen-bond acceptors (Lipinski definition) is 0. The van der Waals surface area contributed by atoms with E-state index in [-0.39, 0.29) is 9.52 Å². The molecule has 0 saturated heterocycles. The van der Waals surface area contributed by atoms with E-state index in [0.29, 0.717) is 5.54 Å². The first-order chi connectivity index (χ1) is 10.7. The summed E-state index contributed by atoms with van der Waals surface area (Å²) in [5.74, 6) is 0. The molecule has 0 aliphatic rings. The summed E-state index contributed by atoms with van der Waals surface area (Å²) in [5.41, 5.74) is 6.45. The zero-order valence-electron chi connectivity index (χ0n) is 14.4. The zero-order valence-corrected chi connectivity index (χ0v) is 15.9. The summed E-state index contributed by atoms with van der Waals surface area (Å²) in [7, 11) is -0.124. The Kier molecular flexibility index (Phi) is 6.92. The van der Waals surface area contributed by atoms with Crippen molar-refractivity contribution < 1.29 is 0 Å². The van der Waals surface area contributed by atoms with Crippen LogP contribution in [0.25, 0.3) is 0 Å². The van der Waals surface area contributed by atoms with Crippen molar-refractivity contribution in [2.75, 3.05) is 0 Å². The van der Waals surface area contributed by atoms with Crippen LogP contribution < -0.4 is 0 Å². The van der Waals surface area contributed by atoms with Gasteiger partial charge in [-0.05, 0) is 30.5 Å². The van der Waals surface area contributed by atoms with E-state index in [2.05, 4.69) is 69.3 Å². The molecule has 118 valence electrons. The molecule has 0 amide bonds. The number of benzene rings is 2. The Labute approximate surface area is 138 Å². The van der Waals surface area contributed by atoms with Gasteiger partial charge in [-0.2, -0.15) is 0 Å². The largest absolute Gasteiger partial charge is 0.0654 e. The van der Waals surface area contributed by atoms with Crippen molar-refractivity contribution in [2.45, 2.75) is 58.0 Å². The van der Waals surface area contributed by atoms with Crippen LogP contribution in [0.4, 0.5) is 0 Å². The Morgan fingerprint density at radius 3 is 1.68 bits per heavy atom. The second-order valence-electron chi connectivity index (χ2n) is 6.58. The molecule has 0 aliphatic carbocycles. The lowest BCUT2D eigenvalue weighted by atomic mass is 10.0. The molecular weight excluding hydrogens is 280 g/mol. The molecule has 0 spiro atoms. The lowest BCUT2D eigenvalue weighted by Gasteiger charge is -2.18. The fraction of sp³-hybridized carbons (Fsp3) is 0.429. The summed E-state index contributed by atoms with van der Waals surface area (Å²) >= 11 is 0. The van der Waals surface area contributed by atoms with Crippen molar-refractivity contribution >= 4 is 9.52 Å². The minimum Gasteiger partial charge on any atom is -0.0654 e. The Bertz CT molecular complexity index is 494. The molecule has 2 rings (SSSR count). The highest BCUT2D eigenvalue weighted by Gasteiger charge is 2.14. The molecule has 0 saturated carbocycles. The normalized spacial score (nSPS) is 11.6. The van der Waals surface area contributed by atoms with Gasteiger partial charge in [-0.1, -0.05) is 98.3 Å². The van der Waals surface area contributed by atoms with Gasteiger partial charge >= 0.3 is 0 Å². The number of aryl methyl sites for hydroxylation is 2. The van der Waals surface area contributed by atoms with Gasteiger partial charge in [0.1, 0.15) is 0 Å². The molecule has 0 atom stereocenters. The Hall–Kier alpha value is -1.34. The maximum atomic E-state index is 2.35. The third-order valence-electron chi connectivity index (χ3n) is 4.56. The van der Waals surface area contributed by atoms with Crippen LogP contribution in [-0.4, -0.2) is 9.52 Å². The van der Waals surface area contributed by atoms with Gasteiger partial charge in [-0.15, -0.1) is 0 Å². The highest BCUT2D eigenvalue weighted by Crippen LogP contribution is 2.26. The van der Waals surface area contributed by atoms with Gasteiger partial charge in [-0.3, -0.25) is 0 Å². The van der Waals surface area contributed by atoms with Gasteiger partial charge in [0, 0.05) is 9.52 Å². The standard InChI is InChI=1S/C21H30Si/c1-4-5-6-7-16-22-21(19-12-8-17(2)9-13-19)20-14-10-18(3)11-15-20/h8-15,21H,4-7,16,22H2,1-3H3. The predicted molar refractivity (Wildman–Crippen MR) is 102 cm³/mol. The SMILES string of the molecule is CCCCCC[SiH2]C(c1ccc(C)cc1)c1ccc(C)cc1. The van der Waals surface area contributed by atoms with Gasteiger partial charge in [0.15, 0.2) is 0 Å².